The second kappa shape index (κ2) is 10.9. The van der Waals surface area contributed by atoms with Crippen molar-refractivity contribution in [2.75, 3.05) is 40.0 Å². The minimum absolute atomic E-state index is 0.796. The van der Waals surface area contributed by atoms with Gasteiger partial charge in [0.25, 0.3) is 0 Å². The molecule has 0 spiro atoms. The molecule has 74 valence electrons. The van der Waals surface area contributed by atoms with E-state index in [4.69, 9.17) is 9.47 Å². The lowest BCUT2D eigenvalue weighted by molar-refractivity contribution is 0.0845. The van der Waals surface area contributed by atoms with Crippen LogP contribution in [0.2, 0.25) is 0 Å². The van der Waals surface area contributed by atoms with Gasteiger partial charge in [-0.25, -0.2) is 0 Å². The highest BCUT2D eigenvalue weighted by atomic mass is 16.5. The van der Waals surface area contributed by atoms with Crippen molar-refractivity contribution >= 4 is 0 Å². The van der Waals surface area contributed by atoms with Crippen LogP contribution in [0.1, 0.15) is 19.8 Å². The lowest BCUT2D eigenvalue weighted by Crippen LogP contribution is -2.15. The van der Waals surface area contributed by atoms with E-state index < -0.39 is 0 Å². The van der Waals surface area contributed by atoms with E-state index in [0.717, 1.165) is 45.8 Å². The highest BCUT2D eigenvalue weighted by Crippen LogP contribution is 1.86. The fourth-order valence-corrected chi connectivity index (χ4v) is 0.786. The lowest BCUT2D eigenvalue weighted by Gasteiger charge is -2.03. The van der Waals surface area contributed by atoms with E-state index in [1.165, 1.54) is 0 Å². The van der Waals surface area contributed by atoms with Crippen LogP contribution in [0.3, 0.4) is 0 Å². The Morgan fingerprint density at radius 2 is 1.67 bits per heavy atom. The van der Waals surface area contributed by atoms with E-state index in [0.29, 0.717) is 0 Å². The number of hydrogen-bond donors (Lipinski definition) is 1. The molecule has 0 saturated heterocycles. The highest BCUT2D eigenvalue weighted by Gasteiger charge is 1.88. The van der Waals surface area contributed by atoms with Gasteiger partial charge in [0.1, 0.15) is 0 Å². The van der Waals surface area contributed by atoms with E-state index >= 15 is 0 Å². The van der Waals surface area contributed by atoms with Crippen molar-refractivity contribution in [3.63, 3.8) is 0 Å². The predicted molar refractivity (Wildman–Crippen MR) is 50.5 cm³/mol. The summed E-state index contributed by atoms with van der Waals surface area (Å²) in [5.74, 6) is 0. The van der Waals surface area contributed by atoms with E-state index in [1.54, 1.807) is 0 Å². The molecular weight excluding hydrogens is 154 g/mol. The van der Waals surface area contributed by atoms with Crippen molar-refractivity contribution < 1.29 is 9.47 Å². The summed E-state index contributed by atoms with van der Waals surface area (Å²) < 4.78 is 10.6. The first-order valence-corrected chi connectivity index (χ1v) is 4.72. The maximum absolute atomic E-state index is 5.31. The molecular formula is C9H21NO2. The zero-order valence-electron chi connectivity index (χ0n) is 8.27. The average Bonchev–Trinajstić information content (AvgIpc) is 2.10. The minimum atomic E-state index is 0.796. The normalized spacial score (nSPS) is 10.5. The predicted octanol–water partition coefficient (Wildman–Crippen LogP) is 1.04. The Kier molecular flexibility index (Phi) is 10.8. The molecule has 0 aliphatic carbocycles. The maximum Gasteiger partial charge on any atom is 0.0590 e. The van der Waals surface area contributed by atoms with Gasteiger partial charge in [-0.1, -0.05) is 6.92 Å². The topological polar surface area (TPSA) is 30.5 Å². The van der Waals surface area contributed by atoms with Crippen molar-refractivity contribution in [3.05, 3.63) is 0 Å². The molecule has 0 aliphatic rings. The second-order valence-corrected chi connectivity index (χ2v) is 2.68. The van der Waals surface area contributed by atoms with Crippen LogP contribution in [0.25, 0.3) is 0 Å². The fraction of sp³-hybridized carbons (Fsp3) is 1.00. The van der Waals surface area contributed by atoms with Gasteiger partial charge in [0.05, 0.1) is 6.61 Å². The Morgan fingerprint density at radius 1 is 1.00 bits per heavy atom. The van der Waals surface area contributed by atoms with Gasteiger partial charge in [-0.2, -0.15) is 0 Å². The summed E-state index contributed by atoms with van der Waals surface area (Å²) in [6.45, 7) is 6.35. The van der Waals surface area contributed by atoms with Gasteiger partial charge in [-0.15, -0.1) is 0 Å². The molecule has 0 rings (SSSR count). The summed E-state index contributed by atoms with van der Waals surface area (Å²) in [6.07, 6.45) is 2.10. The molecule has 0 radical (unpaired) electrons. The SMILES string of the molecule is CCCOCCCOCCNC. The monoisotopic (exact) mass is 175 g/mol. The zero-order chi connectivity index (χ0) is 9.07. The number of nitrogens with one attached hydrogen (secondary N) is 1. The summed E-state index contributed by atoms with van der Waals surface area (Å²) in [4.78, 5) is 0. The van der Waals surface area contributed by atoms with Crippen LogP contribution < -0.4 is 5.32 Å². The standard InChI is InChI=1S/C9H21NO2/c1-3-6-11-7-4-8-12-9-5-10-2/h10H,3-9H2,1-2H3. The molecule has 0 aromatic rings. The van der Waals surface area contributed by atoms with Crippen molar-refractivity contribution in [1.29, 1.82) is 0 Å². The summed E-state index contributed by atoms with van der Waals surface area (Å²) in [6, 6.07) is 0. The molecule has 0 fully saturated rings. The van der Waals surface area contributed by atoms with Crippen LogP contribution in [0.4, 0.5) is 0 Å². The smallest absolute Gasteiger partial charge is 0.0590 e. The van der Waals surface area contributed by atoms with E-state index in [1.807, 2.05) is 7.05 Å². The molecule has 0 aliphatic heterocycles. The third-order valence-electron chi connectivity index (χ3n) is 1.42. The van der Waals surface area contributed by atoms with Gasteiger partial charge in [-0.3, -0.25) is 0 Å². The van der Waals surface area contributed by atoms with Crippen LogP contribution in [0.15, 0.2) is 0 Å². The maximum atomic E-state index is 5.31. The summed E-state index contributed by atoms with van der Waals surface area (Å²) >= 11 is 0. The van der Waals surface area contributed by atoms with Crippen LogP contribution >= 0.6 is 0 Å². The molecule has 0 heterocycles. The Morgan fingerprint density at radius 3 is 2.25 bits per heavy atom. The van der Waals surface area contributed by atoms with Crippen molar-refractivity contribution in [2.24, 2.45) is 0 Å². The Bertz CT molecular complexity index is 68.9. The quantitative estimate of drug-likeness (QED) is 0.531. The molecule has 0 amide bonds. The van der Waals surface area contributed by atoms with Gasteiger partial charge in [0, 0.05) is 26.4 Å². The van der Waals surface area contributed by atoms with Crippen LogP contribution in [0.5, 0.6) is 0 Å². The molecule has 3 nitrogen and oxygen atoms in total. The Labute approximate surface area is 75.4 Å². The lowest BCUT2D eigenvalue weighted by atomic mass is 10.5. The third kappa shape index (κ3) is 9.88. The Balaban J connectivity index is 2.73. The van der Waals surface area contributed by atoms with Crippen LogP contribution in [-0.2, 0) is 9.47 Å². The van der Waals surface area contributed by atoms with Gasteiger partial charge >= 0.3 is 0 Å². The molecule has 0 saturated carbocycles. The average molecular weight is 175 g/mol. The van der Waals surface area contributed by atoms with Gasteiger partial charge in [0.15, 0.2) is 0 Å². The van der Waals surface area contributed by atoms with E-state index in [9.17, 15) is 0 Å². The number of likely N-dealkylation sites (N-methyl/N-ethyl adjacent to an activating group) is 1. The molecule has 0 aromatic heterocycles. The number of rotatable bonds is 9. The molecule has 1 N–H and O–H groups in total. The second-order valence-electron chi connectivity index (χ2n) is 2.68. The van der Waals surface area contributed by atoms with Crippen molar-refractivity contribution in [2.45, 2.75) is 19.8 Å². The van der Waals surface area contributed by atoms with Crippen molar-refractivity contribution in [1.82, 2.24) is 5.32 Å². The first-order chi connectivity index (χ1) is 5.91. The highest BCUT2D eigenvalue weighted by molar-refractivity contribution is 4.38. The largest absolute Gasteiger partial charge is 0.381 e. The minimum Gasteiger partial charge on any atom is -0.381 e. The summed E-state index contributed by atoms with van der Waals surface area (Å²) in [5.41, 5.74) is 0. The zero-order valence-corrected chi connectivity index (χ0v) is 8.27. The van der Waals surface area contributed by atoms with Crippen molar-refractivity contribution in [3.8, 4) is 0 Å². The summed E-state index contributed by atoms with van der Waals surface area (Å²) in [5, 5.41) is 3.02. The third-order valence-corrected chi connectivity index (χ3v) is 1.42. The molecule has 0 atom stereocenters. The molecule has 0 bridgehead atoms. The van der Waals surface area contributed by atoms with E-state index in [2.05, 4.69) is 12.2 Å². The van der Waals surface area contributed by atoms with Crippen LogP contribution in [0, 0.1) is 0 Å². The number of hydrogen-bond acceptors (Lipinski definition) is 3. The molecule has 0 unspecified atom stereocenters. The molecule has 3 heteroatoms. The first kappa shape index (κ1) is 11.9. The fourth-order valence-electron chi connectivity index (χ4n) is 0.786. The van der Waals surface area contributed by atoms with Gasteiger partial charge in [0.2, 0.25) is 0 Å². The molecule has 0 aromatic carbocycles. The molecule has 12 heavy (non-hydrogen) atoms. The number of ether oxygens (including phenoxy) is 2. The van der Waals surface area contributed by atoms with E-state index in [-0.39, 0.29) is 0 Å². The Hall–Kier alpha value is -0.120. The van der Waals surface area contributed by atoms with Gasteiger partial charge in [-0.05, 0) is 19.9 Å². The summed E-state index contributed by atoms with van der Waals surface area (Å²) in [7, 11) is 1.92. The first-order valence-electron chi connectivity index (χ1n) is 4.72. The van der Waals surface area contributed by atoms with Gasteiger partial charge < -0.3 is 14.8 Å². The van der Waals surface area contributed by atoms with Crippen LogP contribution in [-0.4, -0.2) is 40.0 Å².